The molecule has 1 amide bonds. The number of hydrogen-bond donors (Lipinski definition) is 1. The standard InChI is InChI=1S/C24H26N4O/c1-18-8-3-4-9-19(18)17-24(29)25-21-11-7-10-20(16-21)22-12-13-23(27-26-22)28-14-5-2-6-15-28/h3-4,7-13,16H,2,5-6,14-15,17H2,1H3,(H,25,29). The van der Waals surface area contributed by atoms with Crippen LogP contribution in [0.15, 0.2) is 60.7 Å². The first-order valence-corrected chi connectivity index (χ1v) is 10.2. The third kappa shape index (κ3) is 4.80. The van der Waals surface area contributed by atoms with E-state index in [0.717, 1.165) is 47.0 Å². The second-order valence-corrected chi connectivity index (χ2v) is 7.56. The summed E-state index contributed by atoms with van der Waals surface area (Å²) in [7, 11) is 0. The Labute approximate surface area is 171 Å². The summed E-state index contributed by atoms with van der Waals surface area (Å²) in [5.41, 5.74) is 4.68. The van der Waals surface area contributed by atoms with Crippen LogP contribution >= 0.6 is 0 Å². The number of carbonyl (C=O) groups excluding carboxylic acids is 1. The summed E-state index contributed by atoms with van der Waals surface area (Å²) >= 11 is 0. The molecule has 29 heavy (non-hydrogen) atoms. The van der Waals surface area contributed by atoms with Gasteiger partial charge in [-0.1, -0.05) is 36.4 Å². The number of anilines is 2. The van der Waals surface area contributed by atoms with Gasteiger partial charge in [-0.25, -0.2) is 0 Å². The summed E-state index contributed by atoms with van der Waals surface area (Å²) in [6.45, 7) is 4.13. The molecule has 1 fully saturated rings. The Morgan fingerprint density at radius 3 is 2.55 bits per heavy atom. The molecule has 2 aromatic carbocycles. The fourth-order valence-corrected chi connectivity index (χ4v) is 3.71. The number of aromatic nitrogens is 2. The molecule has 1 saturated heterocycles. The van der Waals surface area contributed by atoms with Gasteiger partial charge < -0.3 is 10.2 Å². The van der Waals surface area contributed by atoms with Gasteiger partial charge in [-0.2, -0.15) is 0 Å². The van der Waals surface area contributed by atoms with E-state index in [2.05, 4.69) is 20.4 Å². The molecule has 0 atom stereocenters. The molecule has 1 N–H and O–H groups in total. The number of rotatable bonds is 5. The van der Waals surface area contributed by atoms with Crippen LogP contribution in [0.4, 0.5) is 11.5 Å². The van der Waals surface area contributed by atoms with Crippen LogP contribution in [0.2, 0.25) is 0 Å². The number of aryl methyl sites for hydroxylation is 1. The van der Waals surface area contributed by atoms with Gasteiger partial charge in [-0.3, -0.25) is 4.79 Å². The summed E-state index contributed by atoms with van der Waals surface area (Å²) < 4.78 is 0. The minimum absolute atomic E-state index is 0.0250. The molecule has 1 aromatic heterocycles. The van der Waals surface area contributed by atoms with Crippen molar-refractivity contribution in [1.29, 1.82) is 0 Å². The molecule has 5 heteroatoms. The Kier molecular flexibility index (Phi) is 5.84. The average molecular weight is 386 g/mol. The fraction of sp³-hybridized carbons (Fsp3) is 0.292. The first-order valence-electron chi connectivity index (χ1n) is 10.2. The van der Waals surface area contributed by atoms with E-state index in [0.29, 0.717) is 6.42 Å². The van der Waals surface area contributed by atoms with E-state index in [1.165, 1.54) is 19.3 Å². The highest BCUT2D eigenvalue weighted by molar-refractivity contribution is 5.93. The Morgan fingerprint density at radius 2 is 1.79 bits per heavy atom. The molecule has 1 aliphatic heterocycles. The molecule has 2 heterocycles. The van der Waals surface area contributed by atoms with Crippen LogP contribution in [0, 0.1) is 6.92 Å². The van der Waals surface area contributed by atoms with E-state index in [-0.39, 0.29) is 5.91 Å². The maximum Gasteiger partial charge on any atom is 0.228 e. The lowest BCUT2D eigenvalue weighted by Gasteiger charge is -2.27. The number of piperidine rings is 1. The smallest absolute Gasteiger partial charge is 0.228 e. The van der Waals surface area contributed by atoms with E-state index in [1.807, 2.05) is 67.6 Å². The quantitative estimate of drug-likeness (QED) is 0.695. The predicted molar refractivity (Wildman–Crippen MR) is 117 cm³/mol. The van der Waals surface area contributed by atoms with Crippen LogP contribution in [0.1, 0.15) is 30.4 Å². The van der Waals surface area contributed by atoms with Crippen molar-refractivity contribution in [2.24, 2.45) is 0 Å². The molecule has 0 saturated carbocycles. The van der Waals surface area contributed by atoms with Crippen molar-refractivity contribution in [3.05, 3.63) is 71.8 Å². The minimum atomic E-state index is -0.0250. The lowest BCUT2D eigenvalue weighted by Crippen LogP contribution is -2.30. The number of nitrogens with one attached hydrogen (secondary N) is 1. The van der Waals surface area contributed by atoms with E-state index in [1.54, 1.807) is 0 Å². The fourth-order valence-electron chi connectivity index (χ4n) is 3.71. The van der Waals surface area contributed by atoms with E-state index < -0.39 is 0 Å². The summed E-state index contributed by atoms with van der Waals surface area (Å²) in [5, 5.41) is 11.8. The van der Waals surface area contributed by atoms with Gasteiger partial charge in [-0.15, -0.1) is 10.2 Å². The Morgan fingerprint density at radius 1 is 0.966 bits per heavy atom. The van der Waals surface area contributed by atoms with Crippen molar-refractivity contribution in [3.63, 3.8) is 0 Å². The maximum atomic E-state index is 12.5. The van der Waals surface area contributed by atoms with Gasteiger partial charge in [-0.05, 0) is 61.6 Å². The zero-order chi connectivity index (χ0) is 20.1. The van der Waals surface area contributed by atoms with Crippen molar-refractivity contribution in [2.75, 3.05) is 23.3 Å². The summed E-state index contributed by atoms with van der Waals surface area (Å²) in [6, 6.07) is 19.8. The predicted octanol–water partition coefficient (Wildman–Crippen LogP) is 4.62. The highest BCUT2D eigenvalue weighted by Crippen LogP contribution is 2.23. The average Bonchev–Trinajstić information content (AvgIpc) is 2.76. The normalized spacial score (nSPS) is 13.9. The molecule has 4 rings (SSSR count). The molecular formula is C24H26N4O. The van der Waals surface area contributed by atoms with Gasteiger partial charge >= 0.3 is 0 Å². The molecule has 0 bridgehead atoms. The highest BCUT2D eigenvalue weighted by atomic mass is 16.1. The van der Waals surface area contributed by atoms with Gasteiger partial charge in [0.2, 0.25) is 5.91 Å². The van der Waals surface area contributed by atoms with Crippen molar-refractivity contribution in [2.45, 2.75) is 32.6 Å². The Balaban J connectivity index is 1.44. The van der Waals surface area contributed by atoms with Gasteiger partial charge in [0.1, 0.15) is 0 Å². The largest absolute Gasteiger partial charge is 0.355 e. The third-order valence-corrected chi connectivity index (χ3v) is 5.38. The van der Waals surface area contributed by atoms with E-state index in [4.69, 9.17) is 0 Å². The number of carbonyl (C=O) groups is 1. The van der Waals surface area contributed by atoms with Crippen LogP contribution in [0.3, 0.4) is 0 Å². The number of hydrogen-bond acceptors (Lipinski definition) is 4. The Bertz CT molecular complexity index is 978. The first-order chi connectivity index (χ1) is 14.2. The third-order valence-electron chi connectivity index (χ3n) is 5.38. The van der Waals surface area contributed by atoms with Crippen molar-refractivity contribution < 1.29 is 4.79 Å². The van der Waals surface area contributed by atoms with Crippen molar-refractivity contribution in [1.82, 2.24) is 10.2 Å². The SMILES string of the molecule is Cc1ccccc1CC(=O)Nc1cccc(-c2ccc(N3CCCCC3)nn2)c1. The van der Waals surface area contributed by atoms with E-state index in [9.17, 15) is 4.79 Å². The van der Waals surface area contributed by atoms with Gasteiger partial charge in [0.25, 0.3) is 0 Å². The van der Waals surface area contributed by atoms with E-state index >= 15 is 0 Å². The number of nitrogens with zero attached hydrogens (tertiary/aromatic N) is 3. The van der Waals surface area contributed by atoms with Crippen LogP contribution < -0.4 is 10.2 Å². The van der Waals surface area contributed by atoms with Gasteiger partial charge in [0.15, 0.2) is 5.82 Å². The zero-order valence-corrected chi connectivity index (χ0v) is 16.8. The molecule has 0 radical (unpaired) electrons. The molecule has 3 aromatic rings. The second-order valence-electron chi connectivity index (χ2n) is 7.56. The van der Waals surface area contributed by atoms with Crippen molar-refractivity contribution in [3.8, 4) is 11.3 Å². The Hall–Kier alpha value is -3.21. The number of benzene rings is 2. The minimum Gasteiger partial charge on any atom is -0.355 e. The topological polar surface area (TPSA) is 58.1 Å². The van der Waals surface area contributed by atoms with Gasteiger partial charge in [0.05, 0.1) is 12.1 Å². The molecular weight excluding hydrogens is 360 g/mol. The molecule has 1 aliphatic rings. The van der Waals surface area contributed by atoms with Gasteiger partial charge in [0, 0.05) is 24.3 Å². The van der Waals surface area contributed by atoms with Crippen LogP contribution in [0.25, 0.3) is 11.3 Å². The van der Waals surface area contributed by atoms with Crippen LogP contribution in [-0.2, 0) is 11.2 Å². The summed E-state index contributed by atoms with van der Waals surface area (Å²) in [6.07, 6.45) is 4.09. The highest BCUT2D eigenvalue weighted by Gasteiger charge is 2.13. The maximum absolute atomic E-state index is 12.5. The molecule has 148 valence electrons. The lowest BCUT2D eigenvalue weighted by atomic mass is 10.1. The van der Waals surface area contributed by atoms with Crippen LogP contribution in [-0.4, -0.2) is 29.2 Å². The first kappa shape index (κ1) is 19.1. The molecule has 0 unspecified atom stereocenters. The second kappa shape index (κ2) is 8.86. The zero-order valence-electron chi connectivity index (χ0n) is 16.8. The van der Waals surface area contributed by atoms with Crippen LogP contribution in [0.5, 0.6) is 0 Å². The summed E-state index contributed by atoms with van der Waals surface area (Å²) in [5.74, 6) is 0.916. The summed E-state index contributed by atoms with van der Waals surface area (Å²) in [4.78, 5) is 14.8. The van der Waals surface area contributed by atoms with Crippen molar-refractivity contribution >= 4 is 17.4 Å². The monoisotopic (exact) mass is 386 g/mol. The lowest BCUT2D eigenvalue weighted by molar-refractivity contribution is -0.115. The molecule has 5 nitrogen and oxygen atoms in total. The molecule has 0 aliphatic carbocycles. The molecule has 0 spiro atoms. The number of amides is 1.